The van der Waals surface area contributed by atoms with E-state index in [1.807, 2.05) is 6.92 Å². The monoisotopic (exact) mass is 458 g/mol. The molecule has 0 saturated carbocycles. The summed E-state index contributed by atoms with van der Waals surface area (Å²) in [7, 11) is -3.62. The number of anilines is 1. The Morgan fingerprint density at radius 1 is 1.16 bits per heavy atom. The zero-order chi connectivity index (χ0) is 22.0. The zero-order valence-corrected chi connectivity index (χ0v) is 18.2. The normalized spacial score (nSPS) is 11.7. The standard InChI is InChI=1S/C22H19FN2O4S2/c1-15-4-7-18(8-5-15)31(27,28)12-10-21(26)25(14-17-3-2-11-29-17)22-24-19-9-6-16(23)13-20(19)30-22/h2-9,11,13H,10,12,14H2,1H3. The van der Waals surface area contributed by atoms with Gasteiger partial charge in [-0.05, 0) is 49.4 Å². The van der Waals surface area contributed by atoms with Gasteiger partial charge in [0.25, 0.3) is 0 Å². The van der Waals surface area contributed by atoms with Crippen LogP contribution in [0.25, 0.3) is 10.2 Å². The number of carbonyl (C=O) groups is 1. The van der Waals surface area contributed by atoms with Crippen LogP contribution < -0.4 is 4.90 Å². The SMILES string of the molecule is Cc1ccc(S(=O)(=O)CCC(=O)N(Cc2ccco2)c2nc3ccc(F)cc3s2)cc1. The molecule has 2 heterocycles. The van der Waals surface area contributed by atoms with Crippen molar-refractivity contribution in [3.05, 3.63) is 78.0 Å². The van der Waals surface area contributed by atoms with Crippen molar-refractivity contribution < 1.29 is 22.0 Å². The van der Waals surface area contributed by atoms with Crippen molar-refractivity contribution in [2.24, 2.45) is 0 Å². The fraction of sp³-hybridized carbons (Fsp3) is 0.182. The Balaban J connectivity index is 1.58. The molecule has 0 aliphatic heterocycles. The van der Waals surface area contributed by atoms with Crippen LogP contribution in [-0.2, 0) is 21.2 Å². The molecule has 2 aromatic carbocycles. The van der Waals surface area contributed by atoms with Crippen LogP contribution in [0.5, 0.6) is 0 Å². The number of fused-ring (bicyclic) bond motifs is 1. The highest BCUT2D eigenvalue weighted by Crippen LogP contribution is 2.31. The summed E-state index contributed by atoms with van der Waals surface area (Å²) in [5, 5.41) is 0.356. The number of benzene rings is 2. The lowest BCUT2D eigenvalue weighted by molar-refractivity contribution is -0.118. The Morgan fingerprint density at radius 3 is 2.65 bits per heavy atom. The molecule has 31 heavy (non-hydrogen) atoms. The maximum Gasteiger partial charge on any atom is 0.230 e. The maximum atomic E-state index is 13.6. The van der Waals surface area contributed by atoms with Gasteiger partial charge in [-0.3, -0.25) is 9.69 Å². The number of carbonyl (C=O) groups excluding carboxylic acids is 1. The first-order chi connectivity index (χ1) is 14.8. The molecule has 6 nitrogen and oxygen atoms in total. The first kappa shape index (κ1) is 21.2. The van der Waals surface area contributed by atoms with Crippen LogP contribution in [0.3, 0.4) is 0 Å². The Hall–Kier alpha value is -3.04. The molecule has 160 valence electrons. The molecule has 0 bridgehead atoms. The van der Waals surface area contributed by atoms with Gasteiger partial charge in [-0.15, -0.1) is 0 Å². The summed E-state index contributed by atoms with van der Waals surface area (Å²) in [6, 6.07) is 14.1. The van der Waals surface area contributed by atoms with Gasteiger partial charge in [0.15, 0.2) is 15.0 Å². The second kappa shape index (κ2) is 8.60. The van der Waals surface area contributed by atoms with E-state index in [2.05, 4.69) is 4.98 Å². The minimum absolute atomic E-state index is 0.0959. The van der Waals surface area contributed by atoms with Crippen molar-refractivity contribution in [1.82, 2.24) is 4.98 Å². The van der Waals surface area contributed by atoms with E-state index < -0.39 is 21.6 Å². The van der Waals surface area contributed by atoms with Gasteiger partial charge < -0.3 is 4.42 Å². The van der Waals surface area contributed by atoms with Crippen LogP contribution in [0, 0.1) is 12.7 Å². The second-order valence-electron chi connectivity index (χ2n) is 7.05. The van der Waals surface area contributed by atoms with E-state index in [9.17, 15) is 17.6 Å². The van der Waals surface area contributed by atoms with Gasteiger partial charge in [-0.1, -0.05) is 29.0 Å². The molecule has 9 heteroatoms. The summed E-state index contributed by atoms with van der Waals surface area (Å²) in [6.45, 7) is 1.97. The number of nitrogens with zero attached hydrogens (tertiary/aromatic N) is 2. The predicted octanol–water partition coefficient (Wildman–Crippen LogP) is 4.73. The molecule has 4 aromatic rings. The van der Waals surface area contributed by atoms with Crippen LogP contribution in [0.1, 0.15) is 17.7 Å². The lowest BCUT2D eigenvalue weighted by Gasteiger charge is -2.18. The number of furan rings is 1. The third kappa shape index (κ3) is 4.83. The molecule has 0 spiro atoms. The second-order valence-corrected chi connectivity index (χ2v) is 10.2. The summed E-state index contributed by atoms with van der Waals surface area (Å²) in [4.78, 5) is 19.1. The third-order valence-corrected chi connectivity index (χ3v) is 7.50. The van der Waals surface area contributed by atoms with Gasteiger partial charge in [0, 0.05) is 6.42 Å². The highest BCUT2D eigenvalue weighted by atomic mass is 32.2. The summed E-state index contributed by atoms with van der Waals surface area (Å²) < 4.78 is 44.8. The van der Waals surface area contributed by atoms with E-state index in [-0.39, 0.29) is 23.6 Å². The Bertz CT molecular complexity index is 1310. The van der Waals surface area contributed by atoms with Gasteiger partial charge in [0.2, 0.25) is 5.91 Å². The lowest BCUT2D eigenvalue weighted by atomic mass is 10.2. The van der Waals surface area contributed by atoms with Crippen molar-refractivity contribution in [3.8, 4) is 0 Å². The first-order valence-corrected chi connectivity index (χ1v) is 12.0. The molecule has 0 saturated heterocycles. The predicted molar refractivity (Wildman–Crippen MR) is 117 cm³/mol. The summed E-state index contributed by atoms with van der Waals surface area (Å²) in [5.41, 5.74) is 1.51. The van der Waals surface area contributed by atoms with E-state index in [0.29, 0.717) is 21.1 Å². The fourth-order valence-corrected chi connectivity index (χ4v) is 5.28. The number of halogens is 1. The highest BCUT2D eigenvalue weighted by molar-refractivity contribution is 7.91. The number of rotatable bonds is 7. The number of amides is 1. The first-order valence-electron chi connectivity index (χ1n) is 9.50. The van der Waals surface area contributed by atoms with Crippen molar-refractivity contribution in [2.45, 2.75) is 24.8 Å². The average Bonchev–Trinajstić information content (AvgIpc) is 3.39. The van der Waals surface area contributed by atoms with E-state index in [4.69, 9.17) is 4.42 Å². The highest BCUT2D eigenvalue weighted by Gasteiger charge is 2.24. The number of sulfone groups is 1. The average molecular weight is 459 g/mol. The number of hydrogen-bond donors (Lipinski definition) is 0. The van der Waals surface area contributed by atoms with Gasteiger partial charge in [-0.2, -0.15) is 0 Å². The molecule has 0 N–H and O–H groups in total. The summed E-state index contributed by atoms with van der Waals surface area (Å²) >= 11 is 1.16. The van der Waals surface area contributed by atoms with E-state index >= 15 is 0 Å². The minimum atomic E-state index is -3.62. The number of aromatic nitrogens is 1. The van der Waals surface area contributed by atoms with Crippen LogP contribution in [0.15, 0.2) is 70.2 Å². The van der Waals surface area contributed by atoms with Crippen LogP contribution >= 0.6 is 11.3 Å². The molecule has 0 aliphatic carbocycles. The number of thiazole rings is 1. The topological polar surface area (TPSA) is 80.5 Å². The molecule has 2 aromatic heterocycles. The van der Waals surface area contributed by atoms with Crippen LogP contribution in [0.2, 0.25) is 0 Å². The van der Waals surface area contributed by atoms with Crippen molar-refractivity contribution in [2.75, 3.05) is 10.7 Å². The van der Waals surface area contributed by atoms with E-state index in [0.717, 1.165) is 16.9 Å². The van der Waals surface area contributed by atoms with Gasteiger partial charge in [0.1, 0.15) is 11.6 Å². The van der Waals surface area contributed by atoms with Gasteiger partial charge in [0.05, 0.1) is 33.7 Å². The van der Waals surface area contributed by atoms with Gasteiger partial charge >= 0.3 is 0 Å². The maximum absolute atomic E-state index is 13.6. The van der Waals surface area contributed by atoms with Crippen LogP contribution in [0.4, 0.5) is 9.52 Å². The number of hydrogen-bond acceptors (Lipinski definition) is 6. The zero-order valence-electron chi connectivity index (χ0n) is 16.6. The Kier molecular flexibility index (Phi) is 5.88. The van der Waals surface area contributed by atoms with E-state index in [1.54, 1.807) is 30.3 Å². The molecular weight excluding hydrogens is 439 g/mol. The summed E-state index contributed by atoms with van der Waals surface area (Å²) in [6.07, 6.45) is 1.27. The molecule has 0 atom stereocenters. The lowest BCUT2D eigenvalue weighted by Crippen LogP contribution is -2.31. The molecule has 0 radical (unpaired) electrons. The van der Waals surface area contributed by atoms with Gasteiger partial charge in [-0.25, -0.2) is 17.8 Å². The summed E-state index contributed by atoms with van der Waals surface area (Å²) in [5.74, 6) is -0.606. The smallest absolute Gasteiger partial charge is 0.230 e. The number of aryl methyl sites for hydroxylation is 1. The minimum Gasteiger partial charge on any atom is -0.467 e. The van der Waals surface area contributed by atoms with Crippen LogP contribution in [-0.4, -0.2) is 25.1 Å². The Labute approximate surface area is 182 Å². The quantitative estimate of drug-likeness (QED) is 0.400. The van der Waals surface area contributed by atoms with Crippen molar-refractivity contribution >= 4 is 42.4 Å². The molecule has 0 aliphatic rings. The van der Waals surface area contributed by atoms with Crippen molar-refractivity contribution in [1.29, 1.82) is 0 Å². The van der Waals surface area contributed by atoms with E-state index in [1.165, 1.54) is 35.4 Å². The largest absolute Gasteiger partial charge is 0.467 e. The molecule has 0 unspecified atom stereocenters. The third-order valence-electron chi connectivity index (χ3n) is 4.73. The molecule has 0 fully saturated rings. The fourth-order valence-electron chi connectivity index (χ4n) is 3.04. The molecule has 4 rings (SSSR count). The van der Waals surface area contributed by atoms with Crippen molar-refractivity contribution in [3.63, 3.8) is 0 Å². The molecule has 1 amide bonds. The molecular formula is C22H19FN2O4S2. The Morgan fingerprint density at radius 2 is 1.94 bits per heavy atom.